The molecule has 0 saturated heterocycles. The fourth-order valence-electron chi connectivity index (χ4n) is 1.04. The van der Waals surface area contributed by atoms with E-state index in [-0.39, 0.29) is 22.8 Å². The first kappa shape index (κ1) is 11.2. The summed E-state index contributed by atoms with van der Waals surface area (Å²) < 4.78 is 4.73. The summed E-state index contributed by atoms with van der Waals surface area (Å²) in [4.78, 5) is 20.6. The average molecular weight is 213 g/mol. The number of benzene rings is 1. The van der Waals surface area contributed by atoms with E-state index in [0.717, 1.165) is 12.1 Å². The number of hydrogen-bond acceptors (Lipinski definition) is 7. The summed E-state index contributed by atoms with van der Waals surface area (Å²) in [6.07, 6.45) is 0. The third-order valence-electron chi connectivity index (χ3n) is 1.72. The van der Waals surface area contributed by atoms with Gasteiger partial charge in [-0.1, -0.05) is 0 Å². The van der Waals surface area contributed by atoms with Gasteiger partial charge in [0.15, 0.2) is 5.75 Å². The molecule has 1 aromatic rings. The monoisotopic (exact) mass is 213 g/mol. The Balaban J connectivity index is 3.40. The third-order valence-corrected chi connectivity index (χ3v) is 1.72. The van der Waals surface area contributed by atoms with E-state index in [2.05, 4.69) is 10.4 Å². The smallest absolute Gasteiger partial charge is 0.208 e. The molecule has 0 aliphatic rings. The first-order chi connectivity index (χ1) is 7.13. The molecule has 0 fully saturated rings. The van der Waals surface area contributed by atoms with Crippen LogP contribution in [0.1, 0.15) is 0 Å². The zero-order valence-corrected chi connectivity index (χ0v) is 7.63. The molecule has 8 nitrogen and oxygen atoms in total. The summed E-state index contributed by atoms with van der Waals surface area (Å²) in [5.41, 5.74) is -0.838. The van der Waals surface area contributed by atoms with Gasteiger partial charge in [-0.2, -0.15) is 5.23 Å². The van der Waals surface area contributed by atoms with Crippen LogP contribution in [0.4, 0.5) is 17.1 Å². The fourth-order valence-corrected chi connectivity index (χ4v) is 1.04. The zero-order valence-electron chi connectivity index (χ0n) is 7.63. The minimum Gasteiger partial charge on any atom is -0.595 e. The van der Waals surface area contributed by atoms with Crippen molar-refractivity contribution in [1.82, 2.24) is 0 Å². The topological polar surface area (TPSA) is 116 Å². The van der Waals surface area contributed by atoms with Crippen molar-refractivity contribution in [2.24, 2.45) is 10.4 Å². The zero-order chi connectivity index (χ0) is 11.4. The third kappa shape index (κ3) is 2.13. The van der Waals surface area contributed by atoms with E-state index in [9.17, 15) is 15.0 Å². The Morgan fingerprint density at radius 1 is 1.33 bits per heavy atom. The Hall–Kier alpha value is -1.90. The minimum absolute atomic E-state index is 0.0514. The lowest BCUT2D eigenvalue weighted by Gasteiger charge is -2.14. The molecule has 0 spiro atoms. The number of methoxy groups -OCH3 is 1. The summed E-state index contributed by atoms with van der Waals surface area (Å²) in [6, 6.07) is 1.98. The lowest BCUT2D eigenvalue weighted by Crippen LogP contribution is -2.99. The average Bonchev–Trinajstić information content (AvgIpc) is 2.26. The number of ether oxygens (including phenoxy) is 1. The molecular weight excluding hydrogens is 206 g/mol. The predicted octanol–water partition coefficient (Wildman–Crippen LogP) is 0.894. The molecule has 0 heterocycles. The number of rotatable bonds is 4. The number of nitroso groups, excluding NO2 is 2. The number of quaternary nitrogens is 1. The number of nitrogens with zero attached hydrogens (tertiary/aromatic N) is 2. The van der Waals surface area contributed by atoms with Crippen LogP contribution in [0.25, 0.3) is 0 Å². The van der Waals surface area contributed by atoms with Crippen molar-refractivity contribution in [2.45, 2.75) is 0 Å². The molecule has 0 aromatic heterocycles. The van der Waals surface area contributed by atoms with E-state index in [1.54, 1.807) is 0 Å². The molecule has 1 aromatic carbocycles. The second kappa shape index (κ2) is 4.55. The summed E-state index contributed by atoms with van der Waals surface area (Å²) >= 11 is 0. The summed E-state index contributed by atoms with van der Waals surface area (Å²) in [5.74, 6) is -0.0514. The van der Waals surface area contributed by atoms with Crippen LogP contribution in [0.3, 0.4) is 0 Å². The largest absolute Gasteiger partial charge is 0.595 e. The molecule has 2 N–H and O–H groups in total. The van der Waals surface area contributed by atoms with Crippen molar-refractivity contribution in [3.63, 3.8) is 0 Å². The van der Waals surface area contributed by atoms with Crippen LogP contribution in [-0.4, -0.2) is 12.3 Å². The Labute approximate surface area is 83.6 Å². The molecule has 15 heavy (non-hydrogen) atoms. The van der Waals surface area contributed by atoms with Gasteiger partial charge in [0, 0.05) is 12.1 Å². The van der Waals surface area contributed by atoms with Gasteiger partial charge in [0.2, 0.25) is 5.69 Å². The highest BCUT2D eigenvalue weighted by molar-refractivity contribution is 5.70. The highest BCUT2D eigenvalue weighted by Gasteiger charge is 2.16. The summed E-state index contributed by atoms with van der Waals surface area (Å²) in [7, 11) is 1.24. The van der Waals surface area contributed by atoms with Gasteiger partial charge in [-0.3, -0.25) is 0 Å². The van der Waals surface area contributed by atoms with Crippen LogP contribution in [0.5, 0.6) is 5.75 Å². The molecule has 1 atom stereocenters. The lowest BCUT2D eigenvalue weighted by molar-refractivity contribution is -0.991. The molecule has 80 valence electrons. The van der Waals surface area contributed by atoms with Gasteiger partial charge in [0.25, 0.3) is 0 Å². The van der Waals surface area contributed by atoms with Crippen LogP contribution < -0.4 is 9.96 Å². The standard InChI is InChI=1S/C7H7N3O5/c1-15-7-3-5(9-12)4(8-11)2-6(7)10(13)14/h2-3,10,13H,1H3. The number of nitrogens with one attached hydrogen (secondary N) is 1. The van der Waals surface area contributed by atoms with Crippen LogP contribution in [0.2, 0.25) is 0 Å². The lowest BCUT2D eigenvalue weighted by atomic mass is 10.2. The van der Waals surface area contributed by atoms with Crippen molar-refractivity contribution in [1.29, 1.82) is 0 Å². The van der Waals surface area contributed by atoms with Gasteiger partial charge in [-0.25, -0.2) is 5.21 Å². The molecule has 0 amide bonds. The van der Waals surface area contributed by atoms with Gasteiger partial charge in [0.1, 0.15) is 11.4 Å². The molecule has 0 saturated carbocycles. The van der Waals surface area contributed by atoms with Crippen LogP contribution in [0, 0.1) is 15.0 Å². The van der Waals surface area contributed by atoms with Crippen molar-refractivity contribution in [3.8, 4) is 5.75 Å². The fraction of sp³-hybridized carbons (Fsp3) is 0.143. The van der Waals surface area contributed by atoms with Gasteiger partial charge in [-0.05, 0) is 10.4 Å². The molecule has 0 bridgehead atoms. The minimum atomic E-state index is -1.28. The second-order valence-corrected chi connectivity index (χ2v) is 2.53. The molecule has 1 rings (SSSR count). The molecule has 0 aliphatic heterocycles. The van der Waals surface area contributed by atoms with Gasteiger partial charge in [0.05, 0.1) is 7.11 Å². The Bertz CT molecular complexity index is 392. The van der Waals surface area contributed by atoms with Gasteiger partial charge >= 0.3 is 0 Å². The highest BCUT2D eigenvalue weighted by atomic mass is 16.8. The SMILES string of the molecule is COc1cc(N=O)c(N=O)cc1[NH+]([O-])O. The summed E-state index contributed by atoms with van der Waals surface area (Å²) in [6.45, 7) is 0. The van der Waals surface area contributed by atoms with Crippen molar-refractivity contribution >= 4 is 17.1 Å². The molecule has 8 heteroatoms. The van der Waals surface area contributed by atoms with E-state index in [1.807, 2.05) is 0 Å². The van der Waals surface area contributed by atoms with E-state index in [4.69, 9.17) is 9.94 Å². The van der Waals surface area contributed by atoms with Gasteiger partial charge < -0.3 is 9.94 Å². The van der Waals surface area contributed by atoms with Crippen molar-refractivity contribution < 1.29 is 15.2 Å². The van der Waals surface area contributed by atoms with Gasteiger partial charge in [-0.15, -0.1) is 9.81 Å². The number of hydrogen-bond donors (Lipinski definition) is 2. The second-order valence-electron chi connectivity index (χ2n) is 2.53. The maximum atomic E-state index is 10.7. The van der Waals surface area contributed by atoms with E-state index < -0.39 is 5.23 Å². The Morgan fingerprint density at radius 2 is 1.87 bits per heavy atom. The maximum absolute atomic E-state index is 10.7. The van der Waals surface area contributed by atoms with Crippen molar-refractivity contribution in [3.05, 3.63) is 27.2 Å². The van der Waals surface area contributed by atoms with E-state index in [1.165, 1.54) is 7.11 Å². The van der Waals surface area contributed by atoms with Crippen LogP contribution in [-0.2, 0) is 0 Å². The first-order valence-corrected chi connectivity index (χ1v) is 3.76. The predicted molar refractivity (Wildman–Crippen MR) is 49.7 cm³/mol. The summed E-state index contributed by atoms with van der Waals surface area (Å²) in [5, 5.41) is 23.2. The normalized spacial score (nSPS) is 11.9. The van der Waals surface area contributed by atoms with Crippen LogP contribution in [0.15, 0.2) is 22.5 Å². The molecule has 0 radical (unpaired) electrons. The van der Waals surface area contributed by atoms with Crippen molar-refractivity contribution in [2.75, 3.05) is 7.11 Å². The first-order valence-electron chi connectivity index (χ1n) is 3.76. The molecular formula is C7H7N3O5. The van der Waals surface area contributed by atoms with E-state index in [0.29, 0.717) is 0 Å². The highest BCUT2D eigenvalue weighted by Crippen LogP contribution is 2.36. The Morgan fingerprint density at radius 3 is 2.27 bits per heavy atom. The van der Waals surface area contributed by atoms with E-state index >= 15 is 0 Å². The Kier molecular flexibility index (Phi) is 3.39. The van der Waals surface area contributed by atoms with Crippen LogP contribution >= 0.6 is 0 Å². The quantitative estimate of drug-likeness (QED) is 0.569. The molecule has 0 aliphatic carbocycles. The maximum Gasteiger partial charge on any atom is 0.208 e. The molecule has 1 unspecified atom stereocenters.